The van der Waals surface area contributed by atoms with Crippen LogP contribution in [0.3, 0.4) is 0 Å². The number of halogens is 1. The minimum atomic E-state index is -3.41. The summed E-state index contributed by atoms with van der Waals surface area (Å²) in [4.78, 5) is 12.7. The van der Waals surface area contributed by atoms with E-state index < -0.39 is 27.5 Å². The number of primary amides is 1. The van der Waals surface area contributed by atoms with E-state index in [9.17, 15) is 22.9 Å². The standard InChI is InChI=1S/C29H23FN2O4S/c1-2-37(34,35)24-13-10-19(11-14-24)28(29(32)33)20-12-15-26(25-9-4-3-6-21(25)18-31)27(16-20)36-23-8-5-7-22(30)17-23/h3-17,28H,2H2,1H3,(H2,32,33). The van der Waals surface area contributed by atoms with Crippen LogP contribution in [-0.4, -0.2) is 20.1 Å². The molecule has 0 radical (unpaired) electrons. The number of rotatable bonds is 8. The van der Waals surface area contributed by atoms with Crippen molar-refractivity contribution >= 4 is 15.7 Å². The zero-order valence-electron chi connectivity index (χ0n) is 19.9. The quantitative estimate of drug-likeness (QED) is 0.331. The molecule has 186 valence electrons. The summed E-state index contributed by atoms with van der Waals surface area (Å²) < 4.78 is 44.3. The summed E-state index contributed by atoms with van der Waals surface area (Å²) in [5.41, 5.74) is 8.36. The topological polar surface area (TPSA) is 110 Å². The first-order chi connectivity index (χ1) is 17.7. The molecule has 4 aromatic carbocycles. The molecule has 8 heteroatoms. The highest BCUT2D eigenvalue weighted by molar-refractivity contribution is 7.91. The molecule has 0 heterocycles. The van der Waals surface area contributed by atoms with E-state index in [4.69, 9.17) is 10.5 Å². The normalized spacial score (nSPS) is 11.9. The van der Waals surface area contributed by atoms with Crippen LogP contribution < -0.4 is 10.5 Å². The fourth-order valence-corrected chi connectivity index (χ4v) is 4.94. The van der Waals surface area contributed by atoms with Crippen molar-refractivity contribution in [2.75, 3.05) is 5.75 Å². The SMILES string of the molecule is CCS(=O)(=O)c1ccc(C(C(N)=O)c2ccc(-c3ccccc3C#N)c(Oc3cccc(F)c3)c2)cc1. The van der Waals surface area contributed by atoms with Crippen molar-refractivity contribution in [3.05, 3.63) is 114 Å². The van der Waals surface area contributed by atoms with Gasteiger partial charge in [-0.15, -0.1) is 0 Å². The average molecular weight is 515 g/mol. The van der Waals surface area contributed by atoms with Crippen LogP contribution in [-0.2, 0) is 14.6 Å². The summed E-state index contributed by atoms with van der Waals surface area (Å²) in [5, 5.41) is 9.61. The van der Waals surface area contributed by atoms with Crippen LogP contribution in [0.2, 0.25) is 0 Å². The lowest BCUT2D eigenvalue weighted by Gasteiger charge is -2.19. The van der Waals surface area contributed by atoms with Gasteiger partial charge in [0.15, 0.2) is 9.84 Å². The highest BCUT2D eigenvalue weighted by atomic mass is 32.2. The van der Waals surface area contributed by atoms with Crippen molar-refractivity contribution in [1.29, 1.82) is 5.26 Å². The van der Waals surface area contributed by atoms with E-state index in [0.717, 1.165) is 0 Å². The van der Waals surface area contributed by atoms with Crippen molar-refractivity contribution in [3.63, 3.8) is 0 Å². The Kier molecular flexibility index (Phi) is 7.37. The maximum atomic E-state index is 13.9. The Morgan fingerprint density at radius 2 is 1.65 bits per heavy atom. The third kappa shape index (κ3) is 5.52. The molecule has 0 bridgehead atoms. The van der Waals surface area contributed by atoms with Gasteiger partial charge < -0.3 is 10.5 Å². The fourth-order valence-electron chi connectivity index (χ4n) is 4.05. The van der Waals surface area contributed by atoms with Gasteiger partial charge in [-0.3, -0.25) is 4.79 Å². The second kappa shape index (κ2) is 10.6. The fraction of sp³-hybridized carbons (Fsp3) is 0.103. The Bertz CT molecular complexity index is 1610. The molecule has 0 aliphatic rings. The number of ether oxygens (including phenoxy) is 1. The molecule has 4 aromatic rings. The van der Waals surface area contributed by atoms with Crippen LogP contribution in [0.5, 0.6) is 11.5 Å². The number of hydrogen-bond donors (Lipinski definition) is 1. The number of carbonyl (C=O) groups is 1. The first kappa shape index (κ1) is 25.6. The Labute approximate surface area is 214 Å². The zero-order valence-corrected chi connectivity index (χ0v) is 20.7. The number of nitrogens with zero attached hydrogens (tertiary/aromatic N) is 1. The first-order valence-electron chi connectivity index (χ1n) is 11.4. The third-order valence-corrected chi connectivity index (χ3v) is 7.69. The number of nitriles is 1. The predicted octanol–water partition coefficient (Wildman–Crippen LogP) is 5.57. The summed E-state index contributed by atoms with van der Waals surface area (Å²) in [6.45, 7) is 1.56. The lowest BCUT2D eigenvalue weighted by molar-refractivity contribution is -0.118. The molecule has 0 saturated carbocycles. The molecule has 1 unspecified atom stereocenters. The Balaban J connectivity index is 1.84. The predicted molar refractivity (Wildman–Crippen MR) is 138 cm³/mol. The van der Waals surface area contributed by atoms with Crippen molar-refractivity contribution in [2.45, 2.75) is 17.7 Å². The van der Waals surface area contributed by atoms with Crippen molar-refractivity contribution in [2.24, 2.45) is 5.73 Å². The summed E-state index contributed by atoms with van der Waals surface area (Å²) in [7, 11) is -3.41. The van der Waals surface area contributed by atoms with E-state index in [-0.39, 0.29) is 16.4 Å². The highest BCUT2D eigenvalue weighted by Crippen LogP contribution is 2.38. The van der Waals surface area contributed by atoms with E-state index >= 15 is 0 Å². The minimum absolute atomic E-state index is 0.0436. The molecule has 0 spiro atoms. The molecular weight excluding hydrogens is 491 g/mol. The van der Waals surface area contributed by atoms with Crippen LogP contribution in [0.1, 0.15) is 29.5 Å². The number of hydrogen-bond acceptors (Lipinski definition) is 5. The van der Waals surface area contributed by atoms with Crippen molar-refractivity contribution < 1.29 is 22.3 Å². The summed E-state index contributed by atoms with van der Waals surface area (Å²) in [6.07, 6.45) is 0. The Morgan fingerprint density at radius 3 is 2.30 bits per heavy atom. The minimum Gasteiger partial charge on any atom is -0.457 e. The number of sulfone groups is 1. The summed E-state index contributed by atoms with van der Waals surface area (Å²) >= 11 is 0. The summed E-state index contributed by atoms with van der Waals surface area (Å²) in [6, 6.07) is 25.8. The maximum Gasteiger partial charge on any atom is 0.229 e. The van der Waals surface area contributed by atoms with Gasteiger partial charge in [-0.05, 0) is 47.5 Å². The lowest BCUT2D eigenvalue weighted by Crippen LogP contribution is -2.22. The van der Waals surface area contributed by atoms with Gasteiger partial charge in [-0.2, -0.15) is 5.26 Å². The molecular formula is C29H23FN2O4S. The monoisotopic (exact) mass is 514 g/mol. The molecule has 4 rings (SSSR count). The number of carbonyl (C=O) groups excluding carboxylic acids is 1. The second-order valence-electron chi connectivity index (χ2n) is 8.28. The molecule has 1 amide bonds. The average Bonchev–Trinajstić information content (AvgIpc) is 2.89. The molecule has 0 aliphatic carbocycles. The lowest BCUT2D eigenvalue weighted by atomic mass is 9.88. The van der Waals surface area contributed by atoms with Crippen LogP contribution in [0.25, 0.3) is 11.1 Å². The zero-order chi connectivity index (χ0) is 26.6. The van der Waals surface area contributed by atoms with Crippen molar-refractivity contribution in [1.82, 2.24) is 0 Å². The van der Waals surface area contributed by atoms with Crippen LogP contribution in [0.15, 0.2) is 95.9 Å². The van der Waals surface area contributed by atoms with Gasteiger partial charge in [0.2, 0.25) is 5.91 Å². The maximum absolute atomic E-state index is 13.9. The van der Waals surface area contributed by atoms with Gasteiger partial charge >= 0.3 is 0 Å². The van der Waals surface area contributed by atoms with Gasteiger partial charge in [0.05, 0.1) is 28.2 Å². The van der Waals surface area contributed by atoms with E-state index in [2.05, 4.69) is 6.07 Å². The van der Waals surface area contributed by atoms with Gasteiger partial charge in [0, 0.05) is 17.2 Å². The number of nitrogens with two attached hydrogens (primary N) is 1. The van der Waals surface area contributed by atoms with Gasteiger partial charge in [-0.25, -0.2) is 12.8 Å². The number of benzene rings is 4. The van der Waals surface area contributed by atoms with Crippen LogP contribution in [0, 0.1) is 17.1 Å². The highest BCUT2D eigenvalue weighted by Gasteiger charge is 2.24. The third-order valence-electron chi connectivity index (χ3n) is 5.94. The molecule has 0 aliphatic heterocycles. The molecule has 0 aromatic heterocycles. The van der Waals surface area contributed by atoms with Gasteiger partial charge in [0.25, 0.3) is 0 Å². The molecule has 0 saturated heterocycles. The van der Waals surface area contributed by atoms with Crippen LogP contribution in [0.4, 0.5) is 4.39 Å². The Morgan fingerprint density at radius 1 is 0.946 bits per heavy atom. The van der Waals surface area contributed by atoms with Gasteiger partial charge in [-0.1, -0.05) is 55.5 Å². The van der Waals surface area contributed by atoms with Gasteiger partial charge in [0.1, 0.15) is 17.3 Å². The van der Waals surface area contributed by atoms with Crippen LogP contribution >= 0.6 is 0 Å². The molecule has 6 nitrogen and oxygen atoms in total. The molecule has 37 heavy (non-hydrogen) atoms. The summed E-state index contributed by atoms with van der Waals surface area (Å²) in [5.74, 6) is -1.55. The largest absolute Gasteiger partial charge is 0.457 e. The van der Waals surface area contributed by atoms with E-state index in [0.29, 0.717) is 33.6 Å². The first-order valence-corrected chi connectivity index (χ1v) is 13.1. The number of amides is 1. The second-order valence-corrected chi connectivity index (χ2v) is 10.6. The Hall–Kier alpha value is -4.48. The van der Waals surface area contributed by atoms with E-state index in [1.54, 1.807) is 67.6 Å². The van der Waals surface area contributed by atoms with E-state index in [1.807, 2.05) is 0 Å². The smallest absolute Gasteiger partial charge is 0.229 e. The molecule has 2 N–H and O–H groups in total. The molecule has 0 fully saturated rings. The molecule has 1 atom stereocenters. The van der Waals surface area contributed by atoms with Crippen molar-refractivity contribution in [3.8, 4) is 28.7 Å². The van der Waals surface area contributed by atoms with E-state index in [1.165, 1.54) is 30.3 Å².